The highest BCUT2D eigenvalue weighted by atomic mass is 35.5. The summed E-state index contributed by atoms with van der Waals surface area (Å²) >= 11 is 6.45. The van der Waals surface area contributed by atoms with E-state index in [1.807, 2.05) is 81.4 Å². The van der Waals surface area contributed by atoms with Crippen molar-refractivity contribution in [2.45, 2.75) is 52.6 Å². The van der Waals surface area contributed by atoms with Crippen LogP contribution >= 0.6 is 11.6 Å². The van der Waals surface area contributed by atoms with E-state index in [0.29, 0.717) is 23.7 Å². The lowest BCUT2D eigenvalue weighted by molar-refractivity contribution is -0.141. The molecule has 0 heterocycles. The summed E-state index contributed by atoms with van der Waals surface area (Å²) in [4.78, 5) is 28.7. The Morgan fingerprint density at radius 2 is 1.62 bits per heavy atom. The van der Waals surface area contributed by atoms with Gasteiger partial charge in [-0.15, -0.1) is 0 Å². The van der Waals surface area contributed by atoms with Gasteiger partial charge in [0.15, 0.2) is 0 Å². The maximum absolute atomic E-state index is 13.8. The number of aryl methyl sites for hydroxylation is 2. The Morgan fingerprint density at radius 1 is 0.950 bits per heavy atom. The fourth-order valence-electron chi connectivity index (χ4n) is 4.54. The minimum atomic E-state index is -3.57. The smallest absolute Gasteiger partial charge is 0.243 e. The second-order valence-electron chi connectivity index (χ2n) is 9.92. The Labute approximate surface area is 243 Å². The molecule has 40 heavy (non-hydrogen) atoms. The molecule has 0 aliphatic rings. The number of hydrogen-bond donors (Lipinski definition) is 1. The lowest BCUT2D eigenvalue weighted by Gasteiger charge is -2.32. The number of benzene rings is 3. The molecule has 0 aliphatic heterocycles. The molecule has 0 saturated heterocycles. The van der Waals surface area contributed by atoms with Gasteiger partial charge in [0.2, 0.25) is 21.8 Å². The number of carbonyl (C=O) groups excluding carboxylic acids is 2. The monoisotopic (exact) mass is 583 g/mol. The lowest BCUT2D eigenvalue weighted by Crippen LogP contribution is -2.50. The van der Waals surface area contributed by atoms with Gasteiger partial charge >= 0.3 is 0 Å². The molecule has 9 heteroatoms. The molecular weight excluding hydrogens is 546 g/mol. The van der Waals surface area contributed by atoms with E-state index < -0.39 is 16.1 Å². The van der Waals surface area contributed by atoms with Crippen molar-refractivity contribution in [2.75, 3.05) is 23.7 Å². The summed E-state index contributed by atoms with van der Waals surface area (Å²) < 4.78 is 26.6. The van der Waals surface area contributed by atoms with Gasteiger partial charge in [-0.05, 0) is 67.6 Å². The van der Waals surface area contributed by atoms with Gasteiger partial charge in [0.05, 0.1) is 11.9 Å². The van der Waals surface area contributed by atoms with Crippen molar-refractivity contribution in [3.63, 3.8) is 0 Å². The van der Waals surface area contributed by atoms with Crippen LogP contribution in [-0.4, -0.2) is 50.5 Å². The minimum absolute atomic E-state index is 0.0615. The van der Waals surface area contributed by atoms with Crippen molar-refractivity contribution in [1.82, 2.24) is 10.2 Å². The molecule has 0 aliphatic carbocycles. The maximum atomic E-state index is 13.8. The largest absolute Gasteiger partial charge is 0.355 e. The van der Waals surface area contributed by atoms with Gasteiger partial charge in [-0.3, -0.25) is 13.9 Å². The summed E-state index contributed by atoms with van der Waals surface area (Å²) in [5, 5.41) is 3.38. The van der Waals surface area contributed by atoms with Gasteiger partial charge in [-0.25, -0.2) is 8.42 Å². The first-order valence-corrected chi connectivity index (χ1v) is 15.6. The molecule has 0 spiro atoms. The summed E-state index contributed by atoms with van der Waals surface area (Å²) in [6.07, 6.45) is 1.84. The average molecular weight is 584 g/mol. The number of nitrogens with zero attached hydrogens (tertiary/aromatic N) is 2. The van der Waals surface area contributed by atoms with Gasteiger partial charge in [-0.2, -0.15) is 0 Å². The van der Waals surface area contributed by atoms with Gasteiger partial charge < -0.3 is 10.2 Å². The summed E-state index contributed by atoms with van der Waals surface area (Å²) in [6, 6.07) is 21.6. The third-order valence-electron chi connectivity index (χ3n) is 6.85. The molecule has 3 aromatic carbocycles. The Bertz CT molecular complexity index is 1410. The molecule has 0 saturated carbocycles. The third kappa shape index (κ3) is 8.57. The standard InChI is InChI=1S/C31H38ClN3O4S/c1-5-33-31(37)29(21-25-12-7-6-8-13-25)34(22-26-14-9-10-15-28(26)32)30(36)16-11-19-35(40(4,38)39)27-18-17-23(2)24(3)20-27/h6-10,12-15,17-18,20,29H,5,11,16,19,21-22H2,1-4H3,(H,33,37). The van der Waals surface area contributed by atoms with E-state index in [1.165, 1.54) is 10.6 Å². The van der Waals surface area contributed by atoms with Gasteiger partial charge in [-0.1, -0.05) is 66.2 Å². The van der Waals surface area contributed by atoms with Crippen molar-refractivity contribution >= 4 is 39.1 Å². The molecule has 7 nitrogen and oxygen atoms in total. The number of anilines is 1. The van der Waals surface area contributed by atoms with Crippen LogP contribution < -0.4 is 9.62 Å². The van der Waals surface area contributed by atoms with E-state index in [0.717, 1.165) is 22.3 Å². The fourth-order valence-corrected chi connectivity index (χ4v) is 5.69. The molecule has 0 bridgehead atoms. The van der Waals surface area contributed by atoms with Crippen LogP contribution in [0.2, 0.25) is 5.02 Å². The maximum Gasteiger partial charge on any atom is 0.243 e. The highest BCUT2D eigenvalue weighted by molar-refractivity contribution is 7.92. The summed E-state index contributed by atoms with van der Waals surface area (Å²) in [7, 11) is -3.57. The first kappa shape index (κ1) is 31.2. The van der Waals surface area contributed by atoms with Crippen molar-refractivity contribution < 1.29 is 18.0 Å². The van der Waals surface area contributed by atoms with E-state index in [1.54, 1.807) is 17.0 Å². The minimum Gasteiger partial charge on any atom is -0.355 e. The van der Waals surface area contributed by atoms with Crippen LogP contribution in [-0.2, 0) is 32.6 Å². The molecule has 214 valence electrons. The van der Waals surface area contributed by atoms with E-state index in [-0.39, 0.29) is 37.7 Å². The van der Waals surface area contributed by atoms with Crippen LogP contribution in [0.15, 0.2) is 72.8 Å². The quantitative estimate of drug-likeness (QED) is 0.297. The zero-order valence-corrected chi connectivity index (χ0v) is 25.1. The van der Waals surface area contributed by atoms with Crippen molar-refractivity contribution in [1.29, 1.82) is 0 Å². The molecule has 2 amide bonds. The second kappa shape index (κ2) is 14.3. The number of carbonyl (C=O) groups is 2. The number of rotatable bonds is 13. The Morgan fingerprint density at radius 3 is 2.25 bits per heavy atom. The van der Waals surface area contributed by atoms with E-state index in [9.17, 15) is 18.0 Å². The topological polar surface area (TPSA) is 86.8 Å². The van der Waals surface area contributed by atoms with Crippen molar-refractivity contribution in [3.8, 4) is 0 Å². The highest BCUT2D eigenvalue weighted by Gasteiger charge is 2.30. The Hall–Kier alpha value is -3.36. The molecular formula is C31H38ClN3O4S. The predicted molar refractivity (Wildman–Crippen MR) is 162 cm³/mol. The SMILES string of the molecule is CCNC(=O)C(Cc1ccccc1)N(Cc1ccccc1Cl)C(=O)CCCN(c1ccc(C)c(C)c1)S(C)(=O)=O. The molecule has 3 aromatic rings. The Balaban J connectivity index is 1.87. The number of likely N-dealkylation sites (N-methyl/N-ethyl adjacent to an activating group) is 1. The molecule has 1 N–H and O–H groups in total. The highest BCUT2D eigenvalue weighted by Crippen LogP contribution is 2.24. The first-order valence-electron chi connectivity index (χ1n) is 13.4. The van der Waals surface area contributed by atoms with Crippen LogP contribution in [0.3, 0.4) is 0 Å². The van der Waals surface area contributed by atoms with Gasteiger partial charge in [0.25, 0.3) is 0 Å². The molecule has 0 fully saturated rings. The first-order chi connectivity index (χ1) is 19.0. The summed E-state index contributed by atoms with van der Waals surface area (Å²) in [6.45, 7) is 6.46. The molecule has 3 rings (SSSR count). The van der Waals surface area contributed by atoms with Crippen LogP contribution in [0.4, 0.5) is 5.69 Å². The van der Waals surface area contributed by atoms with Crippen LogP contribution in [0.5, 0.6) is 0 Å². The number of nitrogens with one attached hydrogen (secondary N) is 1. The van der Waals surface area contributed by atoms with E-state index >= 15 is 0 Å². The lowest BCUT2D eigenvalue weighted by atomic mass is 10.0. The van der Waals surface area contributed by atoms with E-state index in [2.05, 4.69) is 5.32 Å². The predicted octanol–water partition coefficient (Wildman–Crippen LogP) is 5.28. The Kier molecular flexibility index (Phi) is 11.2. The van der Waals surface area contributed by atoms with Crippen molar-refractivity contribution in [3.05, 3.63) is 100 Å². The zero-order chi connectivity index (χ0) is 29.3. The molecule has 1 unspecified atom stereocenters. The van der Waals surface area contributed by atoms with Gasteiger partial charge in [0, 0.05) is 37.5 Å². The number of amides is 2. The number of halogens is 1. The summed E-state index contributed by atoms with van der Waals surface area (Å²) in [5.41, 5.74) is 4.27. The number of sulfonamides is 1. The zero-order valence-electron chi connectivity index (χ0n) is 23.6. The molecule has 1 atom stereocenters. The van der Waals surface area contributed by atoms with Crippen LogP contribution in [0, 0.1) is 13.8 Å². The second-order valence-corrected chi connectivity index (χ2v) is 12.2. The van der Waals surface area contributed by atoms with E-state index in [4.69, 9.17) is 11.6 Å². The normalized spacial score (nSPS) is 12.0. The van der Waals surface area contributed by atoms with Gasteiger partial charge in [0.1, 0.15) is 6.04 Å². The average Bonchev–Trinajstić information content (AvgIpc) is 2.91. The summed E-state index contributed by atoms with van der Waals surface area (Å²) in [5.74, 6) is -0.500. The van der Waals surface area contributed by atoms with Crippen molar-refractivity contribution in [2.24, 2.45) is 0 Å². The van der Waals surface area contributed by atoms with Crippen LogP contribution in [0.1, 0.15) is 42.0 Å². The number of hydrogen-bond acceptors (Lipinski definition) is 4. The molecule has 0 aromatic heterocycles. The van der Waals surface area contributed by atoms with Crippen LogP contribution in [0.25, 0.3) is 0 Å². The molecule has 0 radical (unpaired) electrons. The fraction of sp³-hybridized carbons (Fsp3) is 0.355. The third-order valence-corrected chi connectivity index (χ3v) is 8.41.